The van der Waals surface area contributed by atoms with E-state index >= 15 is 0 Å². The summed E-state index contributed by atoms with van der Waals surface area (Å²) in [5.41, 5.74) is 0.477. The molecular formula is C11H21NO. The van der Waals surface area contributed by atoms with Gasteiger partial charge in [-0.25, -0.2) is 0 Å². The molecule has 0 spiro atoms. The van der Waals surface area contributed by atoms with Crippen molar-refractivity contribution in [2.24, 2.45) is 5.41 Å². The Morgan fingerprint density at radius 2 is 2.00 bits per heavy atom. The lowest BCUT2D eigenvalue weighted by atomic mass is 9.66. The monoisotopic (exact) mass is 183 g/mol. The van der Waals surface area contributed by atoms with Crippen LogP contribution in [0.3, 0.4) is 0 Å². The first-order valence-corrected chi connectivity index (χ1v) is 5.69. The summed E-state index contributed by atoms with van der Waals surface area (Å²) in [7, 11) is 0. The zero-order valence-corrected chi connectivity index (χ0v) is 8.39. The Kier molecular flexibility index (Phi) is 2.89. The summed E-state index contributed by atoms with van der Waals surface area (Å²) in [6, 6.07) is 0.802. The first-order chi connectivity index (χ1) is 6.35. The third-order valence-corrected chi connectivity index (χ3v) is 3.93. The molecule has 2 N–H and O–H groups in total. The van der Waals surface area contributed by atoms with E-state index < -0.39 is 0 Å². The summed E-state index contributed by atoms with van der Waals surface area (Å²) in [5.74, 6) is 0. The quantitative estimate of drug-likeness (QED) is 0.679. The third-order valence-electron chi connectivity index (χ3n) is 3.93. The van der Waals surface area contributed by atoms with Crippen molar-refractivity contribution in [1.29, 1.82) is 0 Å². The zero-order valence-electron chi connectivity index (χ0n) is 8.39. The van der Waals surface area contributed by atoms with E-state index in [9.17, 15) is 0 Å². The zero-order chi connectivity index (χ0) is 9.15. The van der Waals surface area contributed by atoms with Gasteiger partial charge in [0.05, 0.1) is 0 Å². The van der Waals surface area contributed by atoms with Crippen LogP contribution in [0.25, 0.3) is 0 Å². The van der Waals surface area contributed by atoms with Crippen LogP contribution < -0.4 is 5.32 Å². The van der Waals surface area contributed by atoms with E-state index in [1.807, 2.05) is 0 Å². The molecule has 0 aromatic carbocycles. The van der Waals surface area contributed by atoms with Crippen molar-refractivity contribution in [3.8, 4) is 0 Å². The van der Waals surface area contributed by atoms with E-state index in [-0.39, 0.29) is 0 Å². The molecule has 2 rings (SSSR count). The van der Waals surface area contributed by atoms with Gasteiger partial charge in [-0.05, 0) is 37.5 Å². The van der Waals surface area contributed by atoms with Crippen LogP contribution in [0.2, 0.25) is 0 Å². The normalized spacial score (nSPS) is 26.5. The average molecular weight is 183 g/mol. The maximum atomic E-state index is 8.98. The molecule has 0 aromatic rings. The van der Waals surface area contributed by atoms with Crippen molar-refractivity contribution in [3.63, 3.8) is 0 Å². The van der Waals surface area contributed by atoms with Crippen molar-refractivity contribution in [1.82, 2.24) is 5.32 Å². The molecule has 2 heteroatoms. The fourth-order valence-corrected chi connectivity index (χ4v) is 2.40. The van der Waals surface area contributed by atoms with E-state index in [0.29, 0.717) is 12.0 Å². The molecule has 2 aliphatic rings. The van der Waals surface area contributed by atoms with Crippen LogP contribution >= 0.6 is 0 Å². The van der Waals surface area contributed by atoms with Crippen LogP contribution in [0.15, 0.2) is 0 Å². The molecular weight excluding hydrogens is 162 g/mol. The Hall–Kier alpha value is -0.0800. The summed E-state index contributed by atoms with van der Waals surface area (Å²) in [6.07, 6.45) is 9.18. The van der Waals surface area contributed by atoms with Gasteiger partial charge in [0.1, 0.15) is 0 Å². The second-order valence-electron chi connectivity index (χ2n) is 4.84. The van der Waals surface area contributed by atoms with E-state index in [1.165, 1.54) is 38.5 Å². The molecule has 2 saturated carbocycles. The van der Waals surface area contributed by atoms with Crippen LogP contribution in [-0.2, 0) is 0 Å². The van der Waals surface area contributed by atoms with Crippen LogP contribution in [0.4, 0.5) is 0 Å². The summed E-state index contributed by atoms with van der Waals surface area (Å²) >= 11 is 0. The highest BCUT2D eigenvalue weighted by Gasteiger charge is 2.36. The van der Waals surface area contributed by atoms with Gasteiger partial charge in [-0.2, -0.15) is 0 Å². The average Bonchev–Trinajstić information content (AvgIpc) is 1.96. The Balaban J connectivity index is 1.70. The number of rotatable bonds is 5. The lowest BCUT2D eigenvalue weighted by molar-refractivity contribution is 0.0782. The van der Waals surface area contributed by atoms with E-state index in [0.717, 1.165) is 19.0 Å². The Morgan fingerprint density at radius 1 is 1.23 bits per heavy atom. The molecule has 76 valence electrons. The van der Waals surface area contributed by atoms with Gasteiger partial charge in [0.15, 0.2) is 0 Å². The topological polar surface area (TPSA) is 32.3 Å². The molecule has 0 saturated heterocycles. The standard InChI is InChI=1S/C11H21NO/c13-8-7-11(5-2-6-11)9-12-10-3-1-4-10/h10,12-13H,1-9H2. The van der Waals surface area contributed by atoms with E-state index in [1.54, 1.807) is 0 Å². The maximum absolute atomic E-state index is 8.98. The summed E-state index contributed by atoms with van der Waals surface area (Å²) < 4.78 is 0. The molecule has 2 nitrogen and oxygen atoms in total. The van der Waals surface area contributed by atoms with Crippen molar-refractivity contribution in [3.05, 3.63) is 0 Å². The van der Waals surface area contributed by atoms with E-state index in [2.05, 4.69) is 5.32 Å². The first-order valence-electron chi connectivity index (χ1n) is 5.69. The minimum Gasteiger partial charge on any atom is -0.396 e. The summed E-state index contributed by atoms with van der Waals surface area (Å²) in [5, 5.41) is 12.6. The summed E-state index contributed by atoms with van der Waals surface area (Å²) in [4.78, 5) is 0. The number of aliphatic hydroxyl groups is 1. The molecule has 13 heavy (non-hydrogen) atoms. The van der Waals surface area contributed by atoms with Gasteiger partial charge in [-0.1, -0.05) is 12.8 Å². The predicted molar refractivity (Wildman–Crippen MR) is 53.6 cm³/mol. The molecule has 0 aromatic heterocycles. The molecule has 2 fully saturated rings. The minimum atomic E-state index is 0.367. The smallest absolute Gasteiger partial charge is 0.0436 e. The highest BCUT2D eigenvalue weighted by molar-refractivity contribution is 4.91. The van der Waals surface area contributed by atoms with Gasteiger partial charge >= 0.3 is 0 Å². The lowest BCUT2D eigenvalue weighted by Crippen LogP contribution is -2.46. The first kappa shape index (κ1) is 9.47. The molecule has 0 unspecified atom stereocenters. The van der Waals surface area contributed by atoms with Crippen molar-refractivity contribution >= 4 is 0 Å². The van der Waals surface area contributed by atoms with Crippen LogP contribution in [-0.4, -0.2) is 24.3 Å². The van der Waals surface area contributed by atoms with Crippen molar-refractivity contribution in [2.75, 3.05) is 13.2 Å². The van der Waals surface area contributed by atoms with Crippen molar-refractivity contribution < 1.29 is 5.11 Å². The van der Waals surface area contributed by atoms with Gasteiger partial charge in [0.2, 0.25) is 0 Å². The van der Waals surface area contributed by atoms with Gasteiger partial charge in [-0.15, -0.1) is 0 Å². The lowest BCUT2D eigenvalue weighted by Gasteiger charge is -2.43. The third kappa shape index (κ3) is 2.05. The van der Waals surface area contributed by atoms with Crippen LogP contribution in [0.5, 0.6) is 0 Å². The highest BCUT2D eigenvalue weighted by atomic mass is 16.3. The SMILES string of the molecule is OCCC1(CNC2CCC2)CCC1. The van der Waals surface area contributed by atoms with Gasteiger partial charge in [0.25, 0.3) is 0 Å². The maximum Gasteiger partial charge on any atom is 0.0436 e. The second kappa shape index (κ2) is 3.97. The van der Waals surface area contributed by atoms with E-state index in [4.69, 9.17) is 5.11 Å². The molecule has 0 atom stereocenters. The molecule has 0 radical (unpaired) electrons. The fourth-order valence-electron chi connectivity index (χ4n) is 2.40. The van der Waals surface area contributed by atoms with Gasteiger partial charge in [0, 0.05) is 19.2 Å². The van der Waals surface area contributed by atoms with Crippen LogP contribution in [0, 0.1) is 5.41 Å². The van der Waals surface area contributed by atoms with Crippen LogP contribution in [0.1, 0.15) is 44.9 Å². The minimum absolute atomic E-state index is 0.367. The number of hydrogen-bond donors (Lipinski definition) is 2. The van der Waals surface area contributed by atoms with Gasteiger partial charge in [-0.3, -0.25) is 0 Å². The Bertz CT molecular complexity index is 161. The van der Waals surface area contributed by atoms with Crippen molar-refractivity contribution in [2.45, 2.75) is 51.0 Å². The Labute approximate surface area is 80.7 Å². The highest BCUT2D eigenvalue weighted by Crippen LogP contribution is 2.43. The largest absolute Gasteiger partial charge is 0.396 e. The fraction of sp³-hybridized carbons (Fsp3) is 1.00. The molecule has 0 heterocycles. The predicted octanol–water partition coefficient (Wildman–Crippen LogP) is 1.68. The number of nitrogens with one attached hydrogen (secondary N) is 1. The number of aliphatic hydroxyl groups excluding tert-OH is 1. The molecule has 0 amide bonds. The number of hydrogen-bond acceptors (Lipinski definition) is 2. The Morgan fingerprint density at radius 3 is 2.38 bits per heavy atom. The van der Waals surface area contributed by atoms with Gasteiger partial charge < -0.3 is 10.4 Å². The molecule has 0 bridgehead atoms. The molecule has 0 aliphatic heterocycles. The summed E-state index contributed by atoms with van der Waals surface area (Å²) in [6.45, 7) is 1.52. The molecule has 2 aliphatic carbocycles. The second-order valence-corrected chi connectivity index (χ2v) is 4.84.